The predicted molar refractivity (Wildman–Crippen MR) is 87.5 cm³/mol. The van der Waals surface area contributed by atoms with Gasteiger partial charge in [-0.2, -0.15) is 0 Å². The number of aromatic nitrogens is 2. The summed E-state index contributed by atoms with van der Waals surface area (Å²) in [5, 5.41) is 6.75. The molecule has 0 aromatic carbocycles. The molecular formula is C16H30N4. The van der Waals surface area contributed by atoms with Crippen molar-refractivity contribution in [3.63, 3.8) is 0 Å². The van der Waals surface area contributed by atoms with Gasteiger partial charge in [-0.25, -0.2) is 9.97 Å². The Balaban J connectivity index is 3.07. The van der Waals surface area contributed by atoms with Crippen LogP contribution in [0.3, 0.4) is 0 Å². The Morgan fingerprint density at radius 2 is 1.55 bits per heavy atom. The molecule has 0 bridgehead atoms. The van der Waals surface area contributed by atoms with Crippen LogP contribution in [-0.4, -0.2) is 22.6 Å². The second kappa shape index (κ2) is 5.98. The van der Waals surface area contributed by atoms with Crippen molar-refractivity contribution in [2.45, 2.75) is 66.8 Å². The third kappa shape index (κ3) is 4.66. The Hall–Kier alpha value is -1.32. The Morgan fingerprint density at radius 3 is 2.00 bits per heavy atom. The molecule has 1 aromatic heterocycles. The maximum absolute atomic E-state index is 4.65. The molecule has 0 aliphatic carbocycles. The van der Waals surface area contributed by atoms with E-state index in [1.165, 1.54) is 0 Å². The van der Waals surface area contributed by atoms with Crippen molar-refractivity contribution in [3.8, 4) is 0 Å². The Labute approximate surface area is 123 Å². The molecule has 0 unspecified atom stereocenters. The van der Waals surface area contributed by atoms with E-state index in [-0.39, 0.29) is 11.0 Å². The molecule has 0 radical (unpaired) electrons. The number of nitrogens with one attached hydrogen (secondary N) is 2. The summed E-state index contributed by atoms with van der Waals surface area (Å²) in [7, 11) is 1.90. The highest BCUT2D eigenvalue weighted by molar-refractivity contribution is 5.57. The number of anilines is 2. The molecule has 0 aliphatic rings. The second-order valence-corrected chi connectivity index (χ2v) is 7.31. The van der Waals surface area contributed by atoms with Gasteiger partial charge in [0, 0.05) is 24.6 Å². The number of nitrogens with zero attached hydrogens (tertiary/aromatic N) is 2. The van der Waals surface area contributed by atoms with Gasteiger partial charge in [-0.1, -0.05) is 27.7 Å². The van der Waals surface area contributed by atoms with E-state index in [4.69, 9.17) is 0 Å². The van der Waals surface area contributed by atoms with Crippen LogP contribution in [0.15, 0.2) is 0 Å². The fraction of sp³-hybridized carbons (Fsp3) is 0.750. The summed E-state index contributed by atoms with van der Waals surface area (Å²) in [6, 6.07) is 0. The highest BCUT2D eigenvalue weighted by atomic mass is 15.1. The van der Waals surface area contributed by atoms with Crippen LogP contribution in [0.2, 0.25) is 0 Å². The molecule has 0 amide bonds. The van der Waals surface area contributed by atoms with Gasteiger partial charge in [-0.3, -0.25) is 0 Å². The molecule has 114 valence electrons. The minimum Gasteiger partial charge on any atom is -0.373 e. The molecule has 4 nitrogen and oxygen atoms in total. The molecule has 0 spiro atoms. The zero-order chi connectivity index (χ0) is 15.6. The highest BCUT2D eigenvalue weighted by Gasteiger charge is 2.26. The topological polar surface area (TPSA) is 49.8 Å². The van der Waals surface area contributed by atoms with Crippen molar-refractivity contribution >= 4 is 11.6 Å². The van der Waals surface area contributed by atoms with Crippen LogP contribution in [0.4, 0.5) is 11.6 Å². The number of rotatable bonds is 5. The average molecular weight is 278 g/mol. The maximum atomic E-state index is 4.65. The van der Waals surface area contributed by atoms with E-state index < -0.39 is 0 Å². The summed E-state index contributed by atoms with van der Waals surface area (Å²) in [6.07, 6.45) is 1.91. The summed E-state index contributed by atoms with van der Waals surface area (Å²) in [6.45, 7) is 15.4. The van der Waals surface area contributed by atoms with Gasteiger partial charge in [-0.05, 0) is 32.6 Å². The normalized spacial score (nSPS) is 12.4. The van der Waals surface area contributed by atoms with Crippen molar-refractivity contribution in [2.75, 3.05) is 17.7 Å². The molecule has 2 N–H and O–H groups in total. The van der Waals surface area contributed by atoms with Crippen molar-refractivity contribution in [1.82, 2.24) is 9.97 Å². The van der Waals surface area contributed by atoms with Crippen LogP contribution in [0.25, 0.3) is 0 Å². The van der Waals surface area contributed by atoms with E-state index in [0.29, 0.717) is 0 Å². The zero-order valence-corrected chi connectivity index (χ0v) is 14.3. The standard InChI is InChI=1S/C16H30N4/c1-9-12-18-13(17-8)11(2)14(19-12)20-16(6,7)10-15(3,4)5/h9-10H2,1-8H3,(H2,17,18,19,20). The first kappa shape index (κ1) is 16.7. The Bertz CT molecular complexity index is 458. The van der Waals surface area contributed by atoms with Crippen LogP contribution in [0.1, 0.15) is 59.4 Å². The van der Waals surface area contributed by atoms with Crippen LogP contribution in [-0.2, 0) is 6.42 Å². The fourth-order valence-corrected chi connectivity index (χ4v) is 2.78. The average Bonchev–Trinajstić information content (AvgIpc) is 2.28. The summed E-state index contributed by atoms with van der Waals surface area (Å²) in [5.41, 5.74) is 1.34. The van der Waals surface area contributed by atoms with Crippen LogP contribution < -0.4 is 10.6 Å². The number of hydrogen-bond donors (Lipinski definition) is 2. The van der Waals surface area contributed by atoms with Crippen molar-refractivity contribution in [2.24, 2.45) is 5.41 Å². The summed E-state index contributed by atoms with van der Waals surface area (Å²) < 4.78 is 0. The van der Waals surface area contributed by atoms with Gasteiger partial charge < -0.3 is 10.6 Å². The summed E-state index contributed by atoms with van der Waals surface area (Å²) in [4.78, 5) is 9.16. The van der Waals surface area contributed by atoms with Gasteiger partial charge in [0.25, 0.3) is 0 Å². The minimum atomic E-state index is -0.00656. The summed E-state index contributed by atoms with van der Waals surface area (Å²) >= 11 is 0. The van der Waals surface area contributed by atoms with Gasteiger partial charge in [0.1, 0.15) is 17.5 Å². The lowest BCUT2D eigenvalue weighted by Gasteiger charge is -2.34. The third-order valence-corrected chi connectivity index (χ3v) is 3.17. The second-order valence-electron chi connectivity index (χ2n) is 7.31. The molecule has 20 heavy (non-hydrogen) atoms. The third-order valence-electron chi connectivity index (χ3n) is 3.17. The summed E-state index contributed by atoms with van der Waals surface area (Å²) in [5.74, 6) is 2.72. The number of hydrogen-bond acceptors (Lipinski definition) is 4. The van der Waals surface area contributed by atoms with Gasteiger partial charge in [0.15, 0.2) is 0 Å². The zero-order valence-electron chi connectivity index (χ0n) is 14.3. The van der Waals surface area contributed by atoms with Crippen LogP contribution in [0.5, 0.6) is 0 Å². The van der Waals surface area contributed by atoms with Crippen LogP contribution in [0, 0.1) is 12.3 Å². The molecule has 1 aromatic rings. The minimum absolute atomic E-state index is 0.00656. The van der Waals surface area contributed by atoms with E-state index in [9.17, 15) is 0 Å². The van der Waals surface area contributed by atoms with Crippen molar-refractivity contribution < 1.29 is 0 Å². The lowest BCUT2D eigenvalue weighted by molar-refractivity contribution is 0.302. The van der Waals surface area contributed by atoms with Crippen LogP contribution >= 0.6 is 0 Å². The van der Waals surface area contributed by atoms with Gasteiger partial charge >= 0.3 is 0 Å². The van der Waals surface area contributed by atoms with E-state index in [2.05, 4.69) is 69.1 Å². The smallest absolute Gasteiger partial charge is 0.135 e. The van der Waals surface area contributed by atoms with Crippen molar-refractivity contribution in [3.05, 3.63) is 11.4 Å². The monoisotopic (exact) mass is 278 g/mol. The SMILES string of the molecule is CCc1nc(NC)c(C)c(NC(C)(C)CC(C)(C)C)n1. The maximum Gasteiger partial charge on any atom is 0.135 e. The first-order chi connectivity index (χ1) is 9.08. The molecule has 0 fully saturated rings. The molecule has 1 rings (SSSR count). The lowest BCUT2D eigenvalue weighted by atomic mass is 9.82. The first-order valence-corrected chi connectivity index (χ1v) is 7.41. The first-order valence-electron chi connectivity index (χ1n) is 7.41. The predicted octanol–water partition coefficient (Wildman–Crippen LogP) is 4.02. The van der Waals surface area contributed by atoms with Gasteiger partial charge in [-0.15, -0.1) is 0 Å². The molecule has 0 atom stereocenters. The molecular weight excluding hydrogens is 248 g/mol. The molecule has 1 heterocycles. The molecule has 0 saturated heterocycles. The molecule has 0 saturated carbocycles. The fourth-order valence-electron chi connectivity index (χ4n) is 2.78. The van der Waals surface area contributed by atoms with E-state index >= 15 is 0 Å². The van der Waals surface area contributed by atoms with E-state index in [0.717, 1.165) is 35.9 Å². The van der Waals surface area contributed by atoms with E-state index in [1.54, 1.807) is 0 Å². The number of aryl methyl sites for hydroxylation is 1. The largest absolute Gasteiger partial charge is 0.373 e. The Kier molecular flexibility index (Phi) is 5.00. The molecule has 0 aliphatic heterocycles. The van der Waals surface area contributed by atoms with E-state index in [1.807, 2.05) is 7.05 Å². The Morgan fingerprint density at radius 1 is 1.00 bits per heavy atom. The quantitative estimate of drug-likeness (QED) is 0.854. The van der Waals surface area contributed by atoms with Crippen molar-refractivity contribution in [1.29, 1.82) is 0 Å². The highest BCUT2D eigenvalue weighted by Crippen LogP contribution is 2.31. The lowest BCUT2D eigenvalue weighted by Crippen LogP contribution is -2.36. The van der Waals surface area contributed by atoms with Gasteiger partial charge in [0.2, 0.25) is 0 Å². The molecule has 4 heteroatoms. The van der Waals surface area contributed by atoms with Gasteiger partial charge in [0.05, 0.1) is 0 Å².